The number of para-hydroxylation sites is 1. The van der Waals surface area contributed by atoms with E-state index in [4.69, 9.17) is 4.74 Å². The first-order chi connectivity index (χ1) is 12.3. The quantitative estimate of drug-likeness (QED) is 0.711. The topological polar surface area (TPSA) is 45.3 Å². The maximum atomic E-state index is 12.9. The van der Waals surface area contributed by atoms with Gasteiger partial charge in [0.1, 0.15) is 5.75 Å². The van der Waals surface area contributed by atoms with Gasteiger partial charge < -0.3 is 9.72 Å². The van der Waals surface area contributed by atoms with E-state index in [-0.39, 0.29) is 11.8 Å². The molecule has 2 heterocycles. The van der Waals surface area contributed by atoms with Gasteiger partial charge in [-0.2, -0.15) is 0 Å². The number of nitrogens with one attached hydrogen (secondary N) is 1. The molecule has 1 unspecified atom stereocenters. The summed E-state index contributed by atoms with van der Waals surface area (Å²) in [6.07, 6.45) is 4.03. The molecule has 1 saturated heterocycles. The number of carbonyl (C=O) groups excluding carboxylic acids is 1. The minimum Gasteiger partial charge on any atom is -0.497 e. The summed E-state index contributed by atoms with van der Waals surface area (Å²) in [5.41, 5.74) is 3.02. The first-order valence-corrected chi connectivity index (χ1v) is 8.73. The van der Waals surface area contributed by atoms with Crippen molar-refractivity contribution in [3.8, 4) is 5.75 Å². The summed E-state index contributed by atoms with van der Waals surface area (Å²) < 4.78 is 5.35. The van der Waals surface area contributed by atoms with Crippen LogP contribution in [0.15, 0.2) is 54.7 Å². The van der Waals surface area contributed by atoms with Gasteiger partial charge >= 0.3 is 0 Å². The second kappa shape index (κ2) is 6.73. The lowest BCUT2D eigenvalue weighted by atomic mass is 10.0. The predicted molar refractivity (Wildman–Crippen MR) is 99.2 cm³/mol. The molecule has 0 spiro atoms. The first kappa shape index (κ1) is 15.9. The summed E-state index contributed by atoms with van der Waals surface area (Å²) in [7, 11) is 1.69. The van der Waals surface area contributed by atoms with Crippen LogP contribution in [0.3, 0.4) is 0 Å². The number of fused-ring (bicyclic) bond motifs is 1. The van der Waals surface area contributed by atoms with E-state index >= 15 is 0 Å². The number of benzene rings is 2. The van der Waals surface area contributed by atoms with Crippen molar-refractivity contribution in [3.63, 3.8) is 0 Å². The van der Waals surface area contributed by atoms with Gasteiger partial charge in [0.2, 0.25) is 0 Å². The van der Waals surface area contributed by atoms with Gasteiger partial charge in [0.05, 0.1) is 13.7 Å². The summed E-state index contributed by atoms with van der Waals surface area (Å²) in [6.45, 7) is 1.40. The number of methoxy groups -OCH3 is 1. The normalized spacial score (nSPS) is 17.9. The molecule has 1 fully saturated rings. The molecule has 4 heteroatoms. The second-order valence-corrected chi connectivity index (χ2v) is 6.58. The summed E-state index contributed by atoms with van der Waals surface area (Å²) in [4.78, 5) is 18.4. The van der Waals surface area contributed by atoms with Crippen molar-refractivity contribution in [2.24, 2.45) is 0 Å². The van der Waals surface area contributed by atoms with Crippen LogP contribution < -0.4 is 4.74 Å². The summed E-state index contributed by atoms with van der Waals surface area (Å²) >= 11 is 0. The molecule has 1 aromatic heterocycles. The van der Waals surface area contributed by atoms with Gasteiger partial charge in [0.25, 0.3) is 0 Å². The van der Waals surface area contributed by atoms with E-state index in [1.165, 1.54) is 5.56 Å². The van der Waals surface area contributed by atoms with Crippen molar-refractivity contribution < 1.29 is 9.53 Å². The van der Waals surface area contributed by atoms with Crippen LogP contribution in [0, 0.1) is 0 Å². The number of hydrogen-bond donors (Lipinski definition) is 1. The van der Waals surface area contributed by atoms with E-state index < -0.39 is 0 Å². The van der Waals surface area contributed by atoms with E-state index in [0.717, 1.165) is 41.6 Å². The van der Waals surface area contributed by atoms with Crippen LogP contribution in [0.4, 0.5) is 0 Å². The molecule has 25 heavy (non-hydrogen) atoms. The van der Waals surface area contributed by atoms with E-state index in [9.17, 15) is 4.79 Å². The van der Waals surface area contributed by atoms with Crippen molar-refractivity contribution in [1.82, 2.24) is 9.88 Å². The number of carbonyl (C=O) groups is 1. The van der Waals surface area contributed by atoms with Crippen molar-refractivity contribution in [2.75, 3.05) is 20.2 Å². The summed E-state index contributed by atoms with van der Waals surface area (Å²) in [5, 5.41) is 1.00. The lowest BCUT2D eigenvalue weighted by molar-refractivity contribution is 0.0923. The van der Waals surface area contributed by atoms with Gasteiger partial charge in [0.15, 0.2) is 5.78 Å². The summed E-state index contributed by atoms with van der Waals surface area (Å²) in [6, 6.07) is 16.4. The molecule has 128 valence electrons. The fourth-order valence-electron chi connectivity index (χ4n) is 3.81. The smallest absolute Gasteiger partial charge is 0.178 e. The molecule has 0 radical (unpaired) electrons. The number of nitrogens with zero attached hydrogens (tertiary/aromatic N) is 1. The van der Waals surface area contributed by atoms with E-state index in [1.54, 1.807) is 7.11 Å². The van der Waals surface area contributed by atoms with Gasteiger partial charge in [0, 0.05) is 28.7 Å². The first-order valence-electron chi connectivity index (χ1n) is 8.73. The maximum Gasteiger partial charge on any atom is 0.178 e. The third-order valence-electron chi connectivity index (χ3n) is 5.08. The second-order valence-electron chi connectivity index (χ2n) is 6.58. The molecule has 1 aliphatic rings. The Bertz CT molecular complexity index is 900. The average molecular weight is 334 g/mol. The molecular formula is C21H22N2O2. The fourth-order valence-corrected chi connectivity index (χ4v) is 3.81. The Labute approximate surface area is 147 Å². The number of likely N-dealkylation sites (tertiary alicyclic amines) is 1. The van der Waals surface area contributed by atoms with Crippen molar-refractivity contribution in [2.45, 2.75) is 18.9 Å². The molecule has 1 atom stereocenters. The van der Waals surface area contributed by atoms with Crippen LogP contribution in [0.2, 0.25) is 0 Å². The highest BCUT2D eigenvalue weighted by Gasteiger charge is 2.28. The number of Topliss-reactive ketones (excluding diaryl/α,β-unsaturated/α-hetero) is 1. The Morgan fingerprint density at radius 1 is 1.24 bits per heavy atom. The number of aromatic nitrogens is 1. The van der Waals surface area contributed by atoms with Gasteiger partial charge in [-0.1, -0.05) is 30.3 Å². The maximum absolute atomic E-state index is 12.9. The molecule has 0 amide bonds. The van der Waals surface area contributed by atoms with Crippen LogP contribution in [-0.4, -0.2) is 35.9 Å². The molecule has 0 aliphatic carbocycles. The van der Waals surface area contributed by atoms with Gasteiger partial charge in [-0.25, -0.2) is 0 Å². The lowest BCUT2D eigenvalue weighted by Crippen LogP contribution is -2.29. The Balaban J connectivity index is 1.55. The van der Waals surface area contributed by atoms with Gasteiger partial charge in [-0.15, -0.1) is 0 Å². The number of H-pyrrole nitrogens is 1. The van der Waals surface area contributed by atoms with E-state index in [2.05, 4.69) is 22.0 Å². The molecule has 4 rings (SSSR count). The highest BCUT2D eigenvalue weighted by Crippen LogP contribution is 2.33. The zero-order valence-corrected chi connectivity index (χ0v) is 14.4. The molecular weight excluding hydrogens is 312 g/mol. The van der Waals surface area contributed by atoms with Crippen molar-refractivity contribution in [3.05, 3.63) is 65.9 Å². The SMILES string of the molecule is COc1cccc(C2CCCN2CC(=O)c2c[nH]c3ccccc23)c1. The van der Waals surface area contributed by atoms with E-state index in [0.29, 0.717) is 6.54 Å². The molecule has 0 bridgehead atoms. The zero-order chi connectivity index (χ0) is 17.2. The minimum atomic E-state index is 0.173. The molecule has 0 saturated carbocycles. The average Bonchev–Trinajstić information content (AvgIpc) is 3.28. The lowest BCUT2D eigenvalue weighted by Gasteiger charge is -2.24. The standard InChI is InChI=1S/C21H22N2O2/c1-25-16-7-4-6-15(12-16)20-10-5-11-23(20)14-21(24)18-13-22-19-9-3-2-8-17(18)19/h2-4,6-9,12-13,20,22H,5,10-11,14H2,1H3. The van der Waals surface area contributed by atoms with Crippen LogP contribution in [0.5, 0.6) is 5.75 Å². The van der Waals surface area contributed by atoms with Crippen LogP contribution in [-0.2, 0) is 0 Å². The largest absolute Gasteiger partial charge is 0.497 e. The summed E-state index contributed by atoms with van der Waals surface area (Å²) in [5.74, 6) is 1.04. The molecule has 4 nitrogen and oxygen atoms in total. The Hall–Kier alpha value is -2.59. The molecule has 3 aromatic rings. The number of hydrogen-bond acceptors (Lipinski definition) is 3. The van der Waals surface area contributed by atoms with Crippen LogP contribution >= 0.6 is 0 Å². The Morgan fingerprint density at radius 2 is 2.12 bits per heavy atom. The molecule has 1 aliphatic heterocycles. The van der Waals surface area contributed by atoms with Crippen molar-refractivity contribution >= 4 is 16.7 Å². The van der Waals surface area contributed by atoms with Crippen LogP contribution in [0.1, 0.15) is 34.8 Å². The Kier molecular flexibility index (Phi) is 4.28. The predicted octanol–water partition coefficient (Wildman–Crippen LogP) is 4.20. The third kappa shape index (κ3) is 3.05. The van der Waals surface area contributed by atoms with Gasteiger partial charge in [-0.3, -0.25) is 9.69 Å². The Morgan fingerprint density at radius 3 is 3.00 bits per heavy atom. The highest BCUT2D eigenvalue weighted by atomic mass is 16.5. The number of rotatable bonds is 5. The monoisotopic (exact) mass is 334 g/mol. The molecule has 1 N–H and O–H groups in total. The number of ketones is 1. The minimum absolute atomic E-state index is 0.173. The number of aromatic amines is 1. The third-order valence-corrected chi connectivity index (χ3v) is 5.08. The van der Waals surface area contributed by atoms with Gasteiger partial charge in [-0.05, 0) is 43.1 Å². The highest BCUT2D eigenvalue weighted by molar-refractivity contribution is 6.08. The van der Waals surface area contributed by atoms with Crippen molar-refractivity contribution in [1.29, 1.82) is 0 Å². The number of ether oxygens (including phenoxy) is 1. The van der Waals surface area contributed by atoms with E-state index in [1.807, 2.05) is 42.6 Å². The zero-order valence-electron chi connectivity index (χ0n) is 14.4. The van der Waals surface area contributed by atoms with Crippen LogP contribution in [0.25, 0.3) is 10.9 Å². The fraction of sp³-hybridized carbons (Fsp3) is 0.286. The molecule has 2 aromatic carbocycles.